The number of methoxy groups -OCH3 is 2. The average molecular weight is 405 g/mol. The van der Waals surface area contributed by atoms with Crippen LogP contribution in [0.25, 0.3) is 6.08 Å². The number of nitrogens with two attached hydrogens (primary N) is 1. The van der Waals surface area contributed by atoms with Crippen molar-refractivity contribution in [2.24, 2.45) is 0 Å². The van der Waals surface area contributed by atoms with E-state index in [1.165, 1.54) is 13.2 Å². The minimum Gasteiger partial charge on any atom is -0.496 e. The molecule has 0 aliphatic heterocycles. The zero-order valence-electron chi connectivity index (χ0n) is 16.8. The van der Waals surface area contributed by atoms with Crippen LogP contribution in [0.5, 0.6) is 11.5 Å². The Labute approximate surface area is 174 Å². The van der Waals surface area contributed by atoms with Crippen molar-refractivity contribution in [3.05, 3.63) is 77.5 Å². The fourth-order valence-electron chi connectivity index (χ4n) is 2.91. The lowest BCUT2D eigenvalue weighted by Gasteiger charge is -2.12. The third kappa shape index (κ3) is 4.76. The van der Waals surface area contributed by atoms with Crippen molar-refractivity contribution in [2.45, 2.75) is 6.61 Å². The van der Waals surface area contributed by atoms with Gasteiger partial charge < -0.3 is 25.6 Å². The zero-order chi connectivity index (χ0) is 21.5. The smallest absolute Gasteiger partial charge is 0.189 e. The fraction of sp³-hybridized carbons (Fsp3) is 0.130. The molecule has 0 fully saturated rings. The number of nitrogen functional groups attached to an aromatic ring is 1. The molecule has 0 bridgehead atoms. The Morgan fingerprint density at radius 1 is 1.13 bits per heavy atom. The number of nitrogens with one attached hydrogen (secondary N) is 1. The first-order valence-corrected chi connectivity index (χ1v) is 9.21. The van der Waals surface area contributed by atoms with E-state index < -0.39 is 0 Å². The van der Waals surface area contributed by atoms with Crippen LogP contribution in [0.2, 0.25) is 0 Å². The molecular weight excluding hydrogens is 382 g/mol. The minimum absolute atomic E-state index is 0.128. The molecule has 154 valence electrons. The van der Waals surface area contributed by atoms with Crippen LogP contribution in [-0.4, -0.2) is 30.1 Å². The first-order valence-electron chi connectivity index (χ1n) is 9.21. The van der Waals surface area contributed by atoms with Crippen LogP contribution in [0.15, 0.2) is 60.8 Å². The lowest BCUT2D eigenvalue weighted by Crippen LogP contribution is -2.04. The number of aliphatic hydroxyl groups is 1. The number of ketones is 1. The van der Waals surface area contributed by atoms with Gasteiger partial charge in [-0.25, -0.2) is 4.98 Å². The number of allylic oxidation sites excluding steroid dienone is 1. The quantitative estimate of drug-likeness (QED) is 0.297. The lowest BCUT2D eigenvalue weighted by atomic mass is 10.1. The first kappa shape index (κ1) is 20.9. The molecule has 1 heterocycles. The Balaban J connectivity index is 1.82. The van der Waals surface area contributed by atoms with Gasteiger partial charge in [0, 0.05) is 23.5 Å². The molecule has 2 aromatic carbocycles. The Hall–Kier alpha value is -3.84. The van der Waals surface area contributed by atoms with E-state index in [4.69, 9.17) is 15.2 Å². The number of benzene rings is 2. The van der Waals surface area contributed by atoms with Crippen LogP contribution in [0.4, 0.5) is 17.2 Å². The molecule has 0 unspecified atom stereocenters. The second kappa shape index (κ2) is 9.58. The number of anilines is 3. The van der Waals surface area contributed by atoms with Crippen LogP contribution >= 0.6 is 0 Å². The second-order valence-corrected chi connectivity index (χ2v) is 6.41. The highest BCUT2D eigenvalue weighted by Crippen LogP contribution is 2.27. The third-order valence-electron chi connectivity index (χ3n) is 4.47. The molecule has 0 aliphatic rings. The van der Waals surface area contributed by atoms with Gasteiger partial charge in [0.2, 0.25) is 0 Å². The van der Waals surface area contributed by atoms with Gasteiger partial charge in [0.05, 0.1) is 32.1 Å². The summed E-state index contributed by atoms with van der Waals surface area (Å²) >= 11 is 0. The molecule has 0 radical (unpaired) electrons. The number of ether oxygens (including phenoxy) is 2. The van der Waals surface area contributed by atoms with Gasteiger partial charge in [-0.15, -0.1) is 0 Å². The van der Waals surface area contributed by atoms with E-state index in [2.05, 4.69) is 10.3 Å². The van der Waals surface area contributed by atoms with Gasteiger partial charge in [0.15, 0.2) is 5.78 Å². The van der Waals surface area contributed by atoms with Crippen LogP contribution in [0.3, 0.4) is 0 Å². The van der Waals surface area contributed by atoms with Gasteiger partial charge in [0.1, 0.15) is 17.3 Å². The monoisotopic (exact) mass is 405 g/mol. The summed E-state index contributed by atoms with van der Waals surface area (Å²) in [5.41, 5.74) is 8.96. The molecule has 30 heavy (non-hydrogen) atoms. The van der Waals surface area contributed by atoms with Crippen molar-refractivity contribution in [1.29, 1.82) is 0 Å². The molecule has 3 rings (SSSR count). The van der Waals surface area contributed by atoms with Gasteiger partial charge in [0.25, 0.3) is 0 Å². The molecule has 7 nitrogen and oxygen atoms in total. The SMILES string of the molecule is COc1ccc(/C=C/C(=O)c2cccnc2Nc2ccc(CO)c(OC)c2)cc1N. The number of hydrogen-bond donors (Lipinski definition) is 3. The second-order valence-electron chi connectivity index (χ2n) is 6.41. The summed E-state index contributed by atoms with van der Waals surface area (Å²) in [5.74, 6) is 1.34. The zero-order valence-corrected chi connectivity index (χ0v) is 16.8. The van der Waals surface area contributed by atoms with Crippen molar-refractivity contribution in [2.75, 3.05) is 25.3 Å². The Kier molecular flexibility index (Phi) is 6.67. The average Bonchev–Trinajstić information content (AvgIpc) is 2.77. The Morgan fingerprint density at radius 2 is 1.93 bits per heavy atom. The summed E-state index contributed by atoms with van der Waals surface area (Å²) in [6.45, 7) is -0.128. The number of carbonyl (C=O) groups is 1. The lowest BCUT2D eigenvalue weighted by molar-refractivity contribution is 0.104. The van der Waals surface area contributed by atoms with E-state index in [1.54, 1.807) is 61.8 Å². The fourth-order valence-corrected chi connectivity index (χ4v) is 2.91. The van der Waals surface area contributed by atoms with E-state index >= 15 is 0 Å². The molecule has 3 aromatic rings. The van der Waals surface area contributed by atoms with E-state index in [-0.39, 0.29) is 12.4 Å². The van der Waals surface area contributed by atoms with E-state index in [9.17, 15) is 9.90 Å². The standard InChI is InChI=1S/C23H23N3O4/c1-29-21-10-6-15(12-19(21)24)5-9-20(28)18-4-3-11-25-23(18)26-17-8-7-16(14-27)22(13-17)30-2/h3-13,27H,14,24H2,1-2H3,(H,25,26)/b9-5+. The molecule has 4 N–H and O–H groups in total. The number of rotatable bonds is 8. The molecule has 7 heteroatoms. The number of carbonyl (C=O) groups excluding carboxylic acids is 1. The summed E-state index contributed by atoms with van der Waals surface area (Å²) < 4.78 is 10.4. The molecule has 0 amide bonds. The van der Waals surface area contributed by atoms with Crippen LogP contribution in [-0.2, 0) is 6.61 Å². The van der Waals surface area contributed by atoms with E-state index in [1.807, 2.05) is 6.07 Å². The highest BCUT2D eigenvalue weighted by Gasteiger charge is 2.11. The van der Waals surface area contributed by atoms with Crippen LogP contribution in [0.1, 0.15) is 21.5 Å². The topological polar surface area (TPSA) is 107 Å². The summed E-state index contributed by atoms with van der Waals surface area (Å²) in [6.07, 6.45) is 4.76. The van der Waals surface area contributed by atoms with Crippen molar-refractivity contribution in [3.8, 4) is 11.5 Å². The van der Waals surface area contributed by atoms with Crippen molar-refractivity contribution >= 4 is 29.1 Å². The number of pyridine rings is 1. The normalized spacial score (nSPS) is 10.8. The highest BCUT2D eigenvalue weighted by molar-refractivity contribution is 6.10. The molecule has 0 aliphatic carbocycles. The highest BCUT2D eigenvalue weighted by atomic mass is 16.5. The third-order valence-corrected chi connectivity index (χ3v) is 4.47. The molecule has 0 saturated carbocycles. The van der Waals surface area contributed by atoms with Crippen molar-refractivity contribution in [3.63, 3.8) is 0 Å². The van der Waals surface area contributed by atoms with E-state index in [0.717, 1.165) is 5.56 Å². The number of aromatic nitrogens is 1. The maximum Gasteiger partial charge on any atom is 0.189 e. The summed E-state index contributed by atoms with van der Waals surface area (Å²) in [6, 6.07) is 14.0. The molecule has 1 aromatic heterocycles. The predicted molar refractivity (Wildman–Crippen MR) is 117 cm³/mol. The van der Waals surface area contributed by atoms with E-state index in [0.29, 0.717) is 39.8 Å². The van der Waals surface area contributed by atoms with Gasteiger partial charge >= 0.3 is 0 Å². The largest absolute Gasteiger partial charge is 0.496 e. The predicted octanol–water partition coefficient (Wildman–Crippen LogP) is 3.81. The van der Waals surface area contributed by atoms with Crippen molar-refractivity contribution in [1.82, 2.24) is 4.98 Å². The summed E-state index contributed by atoms with van der Waals surface area (Å²) in [5, 5.41) is 12.5. The summed E-state index contributed by atoms with van der Waals surface area (Å²) in [7, 11) is 3.08. The number of nitrogens with zero attached hydrogens (tertiary/aromatic N) is 1. The molecule has 0 spiro atoms. The van der Waals surface area contributed by atoms with Crippen LogP contribution in [0, 0.1) is 0 Å². The first-order chi connectivity index (χ1) is 14.5. The van der Waals surface area contributed by atoms with Gasteiger partial charge in [-0.05, 0) is 42.0 Å². The molecular formula is C23H23N3O4. The van der Waals surface area contributed by atoms with Gasteiger partial charge in [-0.3, -0.25) is 4.79 Å². The maximum atomic E-state index is 12.8. The van der Waals surface area contributed by atoms with Gasteiger partial charge in [-0.1, -0.05) is 18.2 Å². The number of hydrogen-bond acceptors (Lipinski definition) is 7. The minimum atomic E-state index is -0.209. The van der Waals surface area contributed by atoms with Crippen molar-refractivity contribution < 1.29 is 19.4 Å². The summed E-state index contributed by atoms with van der Waals surface area (Å²) in [4.78, 5) is 17.1. The Bertz CT molecular complexity index is 1080. The maximum absolute atomic E-state index is 12.8. The van der Waals surface area contributed by atoms with Gasteiger partial charge in [-0.2, -0.15) is 0 Å². The number of aliphatic hydroxyl groups excluding tert-OH is 1. The molecule has 0 saturated heterocycles. The Morgan fingerprint density at radius 3 is 2.63 bits per heavy atom. The van der Waals surface area contributed by atoms with Crippen LogP contribution < -0.4 is 20.5 Å². The molecule has 0 atom stereocenters.